The Morgan fingerprint density at radius 3 is 2.80 bits per heavy atom. The molecule has 25 heavy (non-hydrogen) atoms. The van der Waals surface area contributed by atoms with Crippen molar-refractivity contribution in [1.29, 1.82) is 0 Å². The number of aliphatic carboxylic acids is 1. The van der Waals surface area contributed by atoms with Crippen LogP contribution in [0.5, 0.6) is 0 Å². The maximum absolute atomic E-state index is 11.2. The molecule has 2 heterocycles. The summed E-state index contributed by atoms with van der Waals surface area (Å²) in [6, 6.07) is -0.352. The van der Waals surface area contributed by atoms with Gasteiger partial charge >= 0.3 is 13.1 Å². The van der Waals surface area contributed by atoms with Crippen molar-refractivity contribution in [3.8, 4) is 0 Å². The summed E-state index contributed by atoms with van der Waals surface area (Å²) < 4.78 is 12.7. The van der Waals surface area contributed by atoms with Gasteiger partial charge in [-0.1, -0.05) is 26.7 Å². The van der Waals surface area contributed by atoms with E-state index >= 15 is 0 Å². The van der Waals surface area contributed by atoms with Gasteiger partial charge in [0.05, 0.1) is 11.7 Å². The number of carboxylic acid groups (broad SMARTS) is 1. The highest BCUT2D eigenvalue weighted by molar-refractivity contribution is 6.45. The highest BCUT2D eigenvalue weighted by Gasteiger charge is 2.67. The molecule has 2 bridgehead atoms. The minimum atomic E-state index is -0.705. The smallest absolute Gasteiger partial charge is 0.457 e. The van der Waals surface area contributed by atoms with Gasteiger partial charge in [-0.25, -0.2) is 0 Å². The number of carboxylic acids is 1. The van der Waals surface area contributed by atoms with E-state index in [9.17, 15) is 9.90 Å². The Labute approximate surface area is 151 Å². The summed E-state index contributed by atoms with van der Waals surface area (Å²) in [5.74, 6) is 0.981. The third-order valence-electron chi connectivity index (χ3n) is 7.88. The van der Waals surface area contributed by atoms with Crippen LogP contribution in [0.25, 0.3) is 0 Å². The van der Waals surface area contributed by atoms with Gasteiger partial charge in [-0.3, -0.25) is 4.79 Å². The SMILES string of the molecule is CC1(C)[C@H]2C[C@@H]3OB(CCCC[C@@H]4CCN[C@@H]4C(=O)O)O[C@]3(C)[C@@H]1C2. The Kier molecular flexibility index (Phi) is 4.45. The minimum absolute atomic E-state index is 0.0675. The first-order valence-corrected chi connectivity index (χ1v) is 10.1. The van der Waals surface area contributed by atoms with Crippen LogP contribution in [0.4, 0.5) is 0 Å². The van der Waals surface area contributed by atoms with Crippen molar-refractivity contribution in [3.63, 3.8) is 0 Å². The van der Waals surface area contributed by atoms with E-state index in [2.05, 4.69) is 26.1 Å². The summed E-state index contributed by atoms with van der Waals surface area (Å²) in [5, 5.41) is 12.3. The van der Waals surface area contributed by atoms with E-state index in [1.54, 1.807) is 0 Å². The van der Waals surface area contributed by atoms with Gasteiger partial charge in [-0.2, -0.15) is 0 Å². The second-order valence-electron chi connectivity index (χ2n) is 9.50. The lowest BCUT2D eigenvalue weighted by Gasteiger charge is -2.64. The van der Waals surface area contributed by atoms with E-state index in [0.29, 0.717) is 11.3 Å². The maximum atomic E-state index is 11.2. The van der Waals surface area contributed by atoms with Crippen LogP contribution in [-0.4, -0.2) is 42.5 Å². The fraction of sp³-hybridized carbons (Fsp3) is 0.947. The molecule has 0 aromatic carbocycles. The maximum Gasteiger partial charge on any atom is 0.457 e. The Bertz CT molecular complexity index is 542. The van der Waals surface area contributed by atoms with Crippen LogP contribution in [0.3, 0.4) is 0 Å². The van der Waals surface area contributed by atoms with Crippen LogP contribution in [-0.2, 0) is 14.1 Å². The first-order valence-electron chi connectivity index (χ1n) is 10.1. The molecule has 140 valence electrons. The second kappa shape index (κ2) is 6.24. The van der Waals surface area contributed by atoms with E-state index in [1.807, 2.05) is 0 Å². The molecule has 0 spiro atoms. The van der Waals surface area contributed by atoms with Crippen molar-refractivity contribution in [2.24, 2.45) is 23.2 Å². The topological polar surface area (TPSA) is 67.8 Å². The highest BCUT2D eigenvalue weighted by atomic mass is 16.7. The largest absolute Gasteiger partial charge is 0.480 e. The highest BCUT2D eigenvalue weighted by Crippen LogP contribution is 2.65. The number of rotatable bonds is 6. The second-order valence-corrected chi connectivity index (χ2v) is 9.50. The molecule has 6 atom stereocenters. The lowest BCUT2D eigenvalue weighted by atomic mass is 9.43. The molecule has 3 aliphatic carbocycles. The zero-order valence-corrected chi connectivity index (χ0v) is 15.8. The minimum Gasteiger partial charge on any atom is -0.480 e. The van der Waals surface area contributed by atoms with Crippen LogP contribution in [0.2, 0.25) is 6.32 Å². The third kappa shape index (κ3) is 2.85. The van der Waals surface area contributed by atoms with Gasteiger partial charge in [0.2, 0.25) is 0 Å². The molecule has 2 saturated heterocycles. The van der Waals surface area contributed by atoms with Crippen molar-refractivity contribution in [2.75, 3.05) is 6.54 Å². The van der Waals surface area contributed by atoms with Crippen LogP contribution in [0, 0.1) is 23.2 Å². The third-order valence-corrected chi connectivity index (χ3v) is 7.88. The Hall–Kier alpha value is -0.585. The molecular formula is C19H32BNO4. The van der Waals surface area contributed by atoms with Gasteiger partial charge in [0.15, 0.2) is 0 Å². The standard InChI is InChI=1S/C19H32BNO4/c1-18(2)13-10-14(18)19(3)15(11-13)24-20(25-19)8-5-4-6-12-7-9-21-16(12)17(22)23/h12-16,21H,4-11H2,1-3H3,(H,22,23)/t12-,13-,14-,15+,16+,19-/m1/s1. The van der Waals surface area contributed by atoms with Crippen molar-refractivity contribution < 1.29 is 19.2 Å². The summed E-state index contributed by atoms with van der Waals surface area (Å²) in [7, 11) is -0.0675. The van der Waals surface area contributed by atoms with Crippen molar-refractivity contribution in [3.05, 3.63) is 0 Å². The van der Waals surface area contributed by atoms with E-state index < -0.39 is 5.97 Å². The summed E-state index contributed by atoms with van der Waals surface area (Å²) in [5.41, 5.74) is 0.289. The molecule has 0 aromatic rings. The predicted molar refractivity (Wildman–Crippen MR) is 96.3 cm³/mol. The fourth-order valence-electron chi connectivity index (χ4n) is 6.15. The number of carbonyl (C=O) groups is 1. The first-order chi connectivity index (χ1) is 11.8. The van der Waals surface area contributed by atoms with Crippen molar-refractivity contribution in [1.82, 2.24) is 5.32 Å². The number of hydrogen-bond acceptors (Lipinski definition) is 4. The molecule has 2 aliphatic heterocycles. The molecule has 0 aromatic heterocycles. The van der Waals surface area contributed by atoms with Gasteiger partial charge in [0.25, 0.3) is 0 Å². The Balaban J connectivity index is 1.24. The average molecular weight is 349 g/mol. The van der Waals surface area contributed by atoms with Crippen LogP contribution < -0.4 is 5.32 Å². The summed E-state index contributed by atoms with van der Waals surface area (Å²) in [6.45, 7) is 7.87. The number of nitrogens with one attached hydrogen (secondary N) is 1. The van der Waals surface area contributed by atoms with Crippen LogP contribution in [0.15, 0.2) is 0 Å². The number of unbranched alkanes of at least 4 members (excludes halogenated alkanes) is 1. The molecule has 0 unspecified atom stereocenters. The van der Waals surface area contributed by atoms with Crippen LogP contribution >= 0.6 is 0 Å². The van der Waals surface area contributed by atoms with Crippen molar-refractivity contribution in [2.45, 2.75) is 83.4 Å². The van der Waals surface area contributed by atoms with Gasteiger partial charge in [-0.05, 0) is 68.6 Å². The molecule has 5 nitrogen and oxygen atoms in total. The lowest BCUT2D eigenvalue weighted by molar-refractivity contribution is -0.199. The van der Waals surface area contributed by atoms with Crippen molar-refractivity contribution >= 4 is 13.1 Å². The Morgan fingerprint density at radius 1 is 1.28 bits per heavy atom. The lowest BCUT2D eigenvalue weighted by Crippen LogP contribution is -2.65. The fourth-order valence-corrected chi connectivity index (χ4v) is 6.15. The monoisotopic (exact) mass is 349 g/mol. The van der Waals surface area contributed by atoms with E-state index in [0.717, 1.165) is 50.9 Å². The first kappa shape index (κ1) is 17.8. The van der Waals surface area contributed by atoms with E-state index in [1.165, 1.54) is 6.42 Å². The molecule has 2 N–H and O–H groups in total. The van der Waals surface area contributed by atoms with Gasteiger partial charge in [-0.15, -0.1) is 0 Å². The van der Waals surface area contributed by atoms with E-state index in [-0.39, 0.29) is 30.8 Å². The molecule has 5 aliphatic rings. The molecule has 5 rings (SSSR count). The zero-order chi connectivity index (χ0) is 17.8. The predicted octanol–water partition coefficient (Wildman–Crippen LogP) is 2.95. The van der Waals surface area contributed by atoms with Gasteiger partial charge in [0.1, 0.15) is 6.04 Å². The zero-order valence-electron chi connectivity index (χ0n) is 15.8. The van der Waals surface area contributed by atoms with Crippen LogP contribution in [0.1, 0.15) is 59.3 Å². The molecule has 3 saturated carbocycles. The van der Waals surface area contributed by atoms with Gasteiger partial charge in [0, 0.05) is 0 Å². The summed E-state index contributed by atoms with van der Waals surface area (Å²) >= 11 is 0. The summed E-state index contributed by atoms with van der Waals surface area (Å²) in [4.78, 5) is 11.2. The van der Waals surface area contributed by atoms with E-state index in [4.69, 9.17) is 9.31 Å². The molecule has 0 radical (unpaired) electrons. The summed E-state index contributed by atoms with van der Waals surface area (Å²) in [6.07, 6.45) is 7.70. The molecule has 6 heteroatoms. The average Bonchev–Trinajstić information content (AvgIpc) is 3.13. The number of hydrogen-bond donors (Lipinski definition) is 2. The van der Waals surface area contributed by atoms with Gasteiger partial charge < -0.3 is 19.7 Å². The molecule has 0 amide bonds. The molecular weight excluding hydrogens is 317 g/mol. The molecule has 5 fully saturated rings. The quantitative estimate of drug-likeness (QED) is 0.570. The Morgan fingerprint density at radius 2 is 2.08 bits per heavy atom. The normalized spacial score (nSPS) is 44.4.